The van der Waals surface area contributed by atoms with Crippen molar-refractivity contribution in [1.82, 2.24) is 14.8 Å². The first-order valence-corrected chi connectivity index (χ1v) is 9.77. The summed E-state index contributed by atoms with van der Waals surface area (Å²) in [4.78, 5) is 28.3. The van der Waals surface area contributed by atoms with E-state index in [9.17, 15) is 14.0 Å². The van der Waals surface area contributed by atoms with E-state index in [0.29, 0.717) is 5.01 Å². The summed E-state index contributed by atoms with van der Waals surface area (Å²) in [7, 11) is 0. The van der Waals surface area contributed by atoms with Crippen LogP contribution in [0.4, 0.5) is 10.1 Å². The van der Waals surface area contributed by atoms with E-state index in [1.165, 1.54) is 24.3 Å². The van der Waals surface area contributed by atoms with Crippen LogP contribution in [0.5, 0.6) is 0 Å². The van der Waals surface area contributed by atoms with Gasteiger partial charge in [-0.05, 0) is 31.2 Å². The lowest BCUT2D eigenvalue weighted by Gasteiger charge is -2.09. The van der Waals surface area contributed by atoms with Gasteiger partial charge < -0.3 is 11.1 Å². The molecule has 0 aliphatic heterocycles. The van der Waals surface area contributed by atoms with Crippen molar-refractivity contribution in [2.45, 2.75) is 6.92 Å². The van der Waals surface area contributed by atoms with Gasteiger partial charge in [0.15, 0.2) is 0 Å². The molecule has 2 heterocycles. The van der Waals surface area contributed by atoms with E-state index in [4.69, 9.17) is 5.73 Å². The third kappa shape index (κ3) is 3.83. The van der Waals surface area contributed by atoms with Crippen molar-refractivity contribution in [3.63, 3.8) is 0 Å². The Kier molecular flexibility index (Phi) is 5.11. The minimum Gasteiger partial charge on any atom is -0.366 e. The Morgan fingerprint density at radius 1 is 1.20 bits per heavy atom. The Hall–Kier alpha value is -3.85. The summed E-state index contributed by atoms with van der Waals surface area (Å²) in [6.45, 7) is 1.50. The molecule has 2 aromatic heterocycles. The Bertz CT molecular complexity index is 1250. The molecule has 4 rings (SSSR count). The van der Waals surface area contributed by atoms with Crippen molar-refractivity contribution >= 4 is 28.8 Å². The van der Waals surface area contributed by atoms with Crippen LogP contribution in [0, 0.1) is 12.7 Å². The smallest absolute Gasteiger partial charge is 0.275 e. The van der Waals surface area contributed by atoms with Gasteiger partial charge in [-0.25, -0.2) is 14.1 Å². The fourth-order valence-electron chi connectivity index (χ4n) is 2.80. The number of carbonyl (C=O) groups is 2. The summed E-state index contributed by atoms with van der Waals surface area (Å²) in [5.74, 6) is -1.93. The lowest BCUT2D eigenvalue weighted by molar-refractivity contribution is 0.0995. The molecule has 0 saturated heterocycles. The molecule has 2 amide bonds. The molecule has 0 bridgehead atoms. The van der Waals surface area contributed by atoms with Crippen LogP contribution >= 0.6 is 11.3 Å². The molecule has 9 heteroatoms. The van der Waals surface area contributed by atoms with Crippen molar-refractivity contribution in [3.8, 4) is 16.3 Å². The number of anilines is 1. The van der Waals surface area contributed by atoms with Crippen LogP contribution in [-0.2, 0) is 0 Å². The second-order valence-corrected chi connectivity index (χ2v) is 7.35. The third-order valence-electron chi connectivity index (χ3n) is 4.46. The number of amides is 2. The summed E-state index contributed by atoms with van der Waals surface area (Å²) < 4.78 is 15.8. The summed E-state index contributed by atoms with van der Waals surface area (Å²) in [6.07, 6.45) is 3.50. The number of hydrogen-bond donors (Lipinski definition) is 2. The quantitative estimate of drug-likeness (QED) is 0.512. The fraction of sp³-hybridized carbons (Fsp3) is 0.0476. The maximum absolute atomic E-state index is 14.0. The number of nitrogens with one attached hydrogen (secondary N) is 1. The molecule has 0 unspecified atom stereocenters. The predicted octanol–water partition coefficient (Wildman–Crippen LogP) is 3.79. The number of hydrogen-bond acceptors (Lipinski definition) is 5. The molecular weight excluding hydrogens is 405 g/mol. The Morgan fingerprint density at radius 2 is 1.97 bits per heavy atom. The Morgan fingerprint density at radius 3 is 2.70 bits per heavy atom. The zero-order chi connectivity index (χ0) is 21.3. The number of rotatable bonds is 5. The monoisotopic (exact) mass is 421 g/mol. The van der Waals surface area contributed by atoms with E-state index < -0.39 is 17.6 Å². The van der Waals surface area contributed by atoms with Crippen LogP contribution in [0.1, 0.15) is 26.4 Å². The second kappa shape index (κ2) is 7.88. The average molecular weight is 421 g/mol. The number of carbonyl (C=O) groups excluding carboxylic acids is 2. The fourth-order valence-corrected chi connectivity index (χ4v) is 3.58. The molecule has 0 saturated carbocycles. The standard InChI is InChI=1S/C21H16FN5O2S/c1-12-16(22)7-13(19(23)28)8-17(12)25-20(29)18-11-30-21(26-18)14-9-24-27(10-14)15-5-3-2-4-6-15/h2-11H,1H3,(H2,23,28)(H,25,29). The van der Waals surface area contributed by atoms with Crippen molar-refractivity contribution in [3.05, 3.63) is 82.9 Å². The van der Waals surface area contributed by atoms with Gasteiger partial charge >= 0.3 is 0 Å². The normalized spacial score (nSPS) is 10.7. The summed E-state index contributed by atoms with van der Waals surface area (Å²) in [5.41, 5.74) is 7.41. The molecule has 0 aliphatic rings. The van der Waals surface area contributed by atoms with E-state index in [-0.39, 0.29) is 22.5 Å². The molecule has 150 valence electrons. The van der Waals surface area contributed by atoms with E-state index in [1.807, 2.05) is 36.5 Å². The van der Waals surface area contributed by atoms with Gasteiger partial charge in [0, 0.05) is 34.0 Å². The van der Waals surface area contributed by atoms with Gasteiger partial charge in [-0.1, -0.05) is 18.2 Å². The summed E-state index contributed by atoms with van der Waals surface area (Å²) >= 11 is 1.29. The van der Waals surface area contributed by atoms with Crippen molar-refractivity contribution in [1.29, 1.82) is 0 Å². The highest BCUT2D eigenvalue weighted by Crippen LogP contribution is 2.26. The Labute approximate surface area is 175 Å². The van der Waals surface area contributed by atoms with Crippen LogP contribution in [0.3, 0.4) is 0 Å². The topological polar surface area (TPSA) is 103 Å². The molecule has 0 fully saturated rings. The van der Waals surface area contributed by atoms with E-state index in [2.05, 4.69) is 15.4 Å². The van der Waals surface area contributed by atoms with Crippen molar-refractivity contribution < 1.29 is 14.0 Å². The van der Waals surface area contributed by atoms with Gasteiger partial charge in [0.05, 0.1) is 11.9 Å². The molecule has 4 aromatic rings. The molecule has 0 atom stereocenters. The minimum absolute atomic E-state index is 0.0271. The molecule has 0 radical (unpaired) electrons. The number of nitrogens with zero attached hydrogens (tertiary/aromatic N) is 3. The molecule has 0 aliphatic carbocycles. The molecule has 30 heavy (non-hydrogen) atoms. The van der Waals surface area contributed by atoms with E-state index in [0.717, 1.165) is 17.3 Å². The first-order valence-electron chi connectivity index (χ1n) is 8.89. The molecule has 3 N–H and O–H groups in total. The van der Waals surface area contributed by atoms with Crippen LogP contribution in [-0.4, -0.2) is 26.6 Å². The average Bonchev–Trinajstić information content (AvgIpc) is 3.41. The van der Waals surface area contributed by atoms with Gasteiger partial charge in [-0.15, -0.1) is 11.3 Å². The van der Waals surface area contributed by atoms with E-state index >= 15 is 0 Å². The second-order valence-electron chi connectivity index (χ2n) is 6.50. The maximum atomic E-state index is 14.0. The van der Waals surface area contributed by atoms with Gasteiger partial charge in [0.1, 0.15) is 16.5 Å². The number of nitrogens with two attached hydrogens (primary N) is 1. The first kappa shape index (κ1) is 19.5. The number of benzene rings is 2. The summed E-state index contributed by atoms with van der Waals surface area (Å²) in [5, 5.41) is 9.15. The van der Waals surface area contributed by atoms with Crippen molar-refractivity contribution in [2.75, 3.05) is 5.32 Å². The van der Waals surface area contributed by atoms with Gasteiger partial charge in [0.2, 0.25) is 5.91 Å². The SMILES string of the molecule is Cc1c(F)cc(C(N)=O)cc1NC(=O)c1csc(-c2cnn(-c3ccccc3)c2)n1. The predicted molar refractivity (Wildman–Crippen MR) is 112 cm³/mol. The minimum atomic E-state index is -0.782. The summed E-state index contributed by atoms with van der Waals surface area (Å²) in [6, 6.07) is 12.0. The van der Waals surface area contributed by atoms with Gasteiger partial charge in [-0.2, -0.15) is 5.10 Å². The highest BCUT2D eigenvalue weighted by Gasteiger charge is 2.17. The maximum Gasteiger partial charge on any atom is 0.275 e. The number of halogens is 1. The van der Waals surface area contributed by atoms with Crippen molar-refractivity contribution in [2.24, 2.45) is 5.73 Å². The van der Waals surface area contributed by atoms with Gasteiger partial charge in [-0.3, -0.25) is 9.59 Å². The zero-order valence-electron chi connectivity index (χ0n) is 15.8. The van der Waals surface area contributed by atoms with Crippen LogP contribution in [0.15, 0.2) is 60.2 Å². The number of primary amides is 1. The lowest BCUT2D eigenvalue weighted by atomic mass is 10.1. The Balaban J connectivity index is 1.56. The van der Waals surface area contributed by atoms with Crippen LogP contribution in [0.25, 0.3) is 16.3 Å². The molecule has 0 spiro atoms. The molecule has 2 aromatic carbocycles. The molecule has 7 nitrogen and oxygen atoms in total. The van der Waals surface area contributed by atoms with Crippen LogP contribution < -0.4 is 11.1 Å². The largest absolute Gasteiger partial charge is 0.366 e. The van der Waals surface area contributed by atoms with E-state index in [1.54, 1.807) is 16.3 Å². The first-order chi connectivity index (χ1) is 14.4. The van der Waals surface area contributed by atoms with Gasteiger partial charge in [0.25, 0.3) is 5.91 Å². The molecular formula is C21H16FN5O2S. The zero-order valence-corrected chi connectivity index (χ0v) is 16.6. The number of thiazole rings is 1. The lowest BCUT2D eigenvalue weighted by Crippen LogP contribution is -2.16. The third-order valence-corrected chi connectivity index (χ3v) is 5.36. The number of aromatic nitrogens is 3. The highest BCUT2D eigenvalue weighted by atomic mass is 32.1. The highest BCUT2D eigenvalue weighted by molar-refractivity contribution is 7.13. The van der Waals surface area contributed by atoms with Crippen LogP contribution in [0.2, 0.25) is 0 Å². The number of para-hydroxylation sites is 1.